The highest BCUT2D eigenvalue weighted by Crippen LogP contribution is 2.23. The number of amides is 1. The number of benzene rings is 2. The van der Waals surface area contributed by atoms with Crippen LogP contribution in [-0.2, 0) is 0 Å². The van der Waals surface area contributed by atoms with Crippen LogP contribution in [0.2, 0.25) is 0 Å². The van der Waals surface area contributed by atoms with Crippen LogP contribution in [-0.4, -0.2) is 12.5 Å². The Morgan fingerprint density at radius 3 is 2.48 bits per heavy atom. The highest BCUT2D eigenvalue weighted by atomic mass is 19.1. The van der Waals surface area contributed by atoms with Crippen LogP contribution in [0.25, 0.3) is 0 Å². The number of carbonyl (C=O) groups excluding carboxylic acids is 1. The third-order valence-corrected chi connectivity index (χ3v) is 3.29. The Hall–Kier alpha value is -2.20. The summed E-state index contributed by atoms with van der Waals surface area (Å²) in [6, 6.07) is 13.3. The minimum absolute atomic E-state index is 0.139. The molecule has 0 bridgehead atoms. The molecule has 1 atom stereocenters. The molecule has 0 aliphatic heterocycles. The van der Waals surface area contributed by atoms with E-state index in [9.17, 15) is 9.18 Å². The molecule has 0 saturated heterocycles. The maximum atomic E-state index is 12.9. The normalized spacial score (nSPS) is 12.0. The van der Waals surface area contributed by atoms with Gasteiger partial charge in [0, 0.05) is 17.3 Å². The van der Waals surface area contributed by atoms with Crippen molar-refractivity contribution in [3.8, 4) is 0 Å². The number of hydrogen-bond acceptors (Lipinski definition) is 2. The van der Waals surface area contributed by atoms with E-state index in [0.717, 1.165) is 17.8 Å². The maximum absolute atomic E-state index is 12.9. The summed E-state index contributed by atoms with van der Waals surface area (Å²) in [6.45, 7) is 4.93. The predicted octanol–water partition coefficient (Wildman–Crippen LogP) is 3.75. The second-order valence-electron chi connectivity index (χ2n) is 4.83. The molecule has 110 valence electrons. The summed E-state index contributed by atoms with van der Waals surface area (Å²) in [5.41, 5.74) is 2.22. The predicted molar refractivity (Wildman–Crippen MR) is 82.9 cm³/mol. The fourth-order valence-electron chi connectivity index (χ4n) is 2.20. The molecule has 2 aromatic rings. The van der Waals surface area contributed by atoms with E-state index < -0.39 is 0 Å². The van der Waals surface area contributed by atoms with Crippen molar-refractivity contribution in [3.05, 3.63) is 65.5 Å². The smallest absolute Gasteiger partial charge is 0.255 e. The van der Waals surface area contributed by atoms with Gasteiger partial charge in [-0.15, -0.1) is 0 Å². The topological polar surface area (TPSA) is 41.1 Å². The monoisotopic (exact) mass is 286 g/mol. The summed E-state index contributed by atoms with van der Waals surface area (Å²) in [4.78, 5) is 12.2. The van der Waals surface area contributed by atoms with Gasteiger partial charge in [-0.05, 0) is 49.4 Å². The minimum atomic E-state index is -0.354. The first-order chi connectivity index (χ1) is 10.1. The highest BCUT2D eigenvalue weighted by molar-refractivity contribution is 6.04. The summed E-state index contributed by atoms with van der Waals surface area (Å²) in [7, 11) is 0. The van der Waals surface area contributed by atoms with E-state index in [-0.39, 0.29) is 17.8 Å². The molecule has 2 rings (SSSR count). The molecule has 1 amide bonds. The molecule has 0 spiro atoms. The molecule has 0 fully saturated rings. The van der Waals surface area contributed by atoms with Gasteiger partial charge in [0.05, 0.1) is 0 Å². The number of rotatable bonds is 5. The molecular formula is C17H19FN2O. The fourth-order valence-corrected chi connectivity index (χ4v) is 2.20. The van der Waals surface area contributed by atoms with Crippen molar-refractivity contribution in [2.45, 2.75) is 19.9 Å². The Balaban J connectivity index is 2.19. The van der Waals surface area contributed by atoms with Crippen LogP contribution in [0.5, 0.6) is 0 Å². The van der Waals surface area contributed by atoms with Crippen LogP contribution in [0, 0.1) is 5.82 Å². The Labute approximate surface area is 124 Å². The van der Waals surface area contributed by atoms with E-state index in [1.165, 1.54) is 24.3 Å². The summed E-state index contributed by atoms with van der Waals surface area (Å²) in [5.74, 6) is -0.598. The van der Waals surface area contributed by atoms with E-state index in [0.29, 0.717) is 5.56 Å². The lowest BCUT2D eigenvalue weighted by atomic mass is 10.1. The van der Waals surface area contributed by atoms with Gasteiger partial charge in [-0.1, -0.05) is 25.1 Å². The van der Waals surface area contributed by atoms with E-state index >= 15 is 0 Å². The second kappa shape index (κ2) is 6.99. The SMILES string of the molecule is CCNC(C)c1ccccc1NC(=O)c1ccc(F)cc1. The van der Waals surface area contributed by atoms with Gasteiger partial charge in [0.2, 0.25) is 0 Å². The molecule has 2 aromatic carbocycles. The molecule has 4 heteroatoms. The number of anilines is 1. The fraction of sp³-hybridized carbons (Fsp3) is 0.235. The first-order valence-electron chi connectivity index (χ1n) is 7.01. The highest BCUT2D eigenvalue weighted by Gasteiger charge is 2.12. The van der Waals surface area contributed by atoms with Crippen LogP contribution in [0.4, 0.5) is 10.1 Å². The zero-order chi connectivity index (χ0) is 15.2. The minimum Gasteiger partial charge on any atom is -0.322 e. The average Bonchev–Trinajstić information content (AvgIpc) is 2.48. The van der Waals surface area contributed by atoms with Crippen LogP contribution in [0.1, 0.15) is 35.8 Å². The van der Waals surface area contributed by atoms with Crippen molar-refractivity contribution in [3.63, 3.8) is 0 Å². The molecule has 0 heterocycles. The largest absolute Gasteiger partial charge is 0.322 e. The lowest BCUT2D eigenvalue weighted by Crippen LogP contribution is -2.20. The lowest BCUT2D eigenvalue weighted by Gasteiger charge is -2.17. The standard InChI is InChI=1S/C17H19FN2O/c1-3-19-12(2)15-6-4-5-7-16(15)20-17(21)13-8-10-14(18)11-9-13/h4-12,19H,3H2,1-2H3,(H,20,21). The molecule has 0 aliphatic carbocycles. The molecule has 21 heavy (non-hydrogen) atoms. The van der Waals surface area contributed by atoms with E-state index in [4.69, 9.17) is 0 Å². The molecule has 2 N–H and O–H groups in total. The number of halogens is 1. The number of hydrogen-bond donors (Lipinski definition) is 2. The summed E-state index contributed by atoms with van der Waals surface area (Å²) >= 11 is 0. The second-order valence-corrected chi connectivity index (χ2v) is 4.83. The molecule has 0 aliphatic rings. The van der Waals surface area contributed by atoms with Crippen molar-refractivity contribution in [1.82, 2.24) is 5.32 Å². The van der Waals surface area contributed by atoms with Gasteiger partial charge in [-0.2, -0.15) is 0 Å². The van der Waals surface area contributed by atoms with Crippen molar-refractivity contribution >= 4 is 11.6 Å². The van der Waals surface area contributed by atoms with Gasteiger partial charge < -0.3 is 10.6 Å². The van der Waals surface area contributed by atoms with E-state index in [2.05, 4.69) is 10.6 Å². The number of nitrogens with one attached hydrogen (secondary N) is 2. The van der Waals surface area contributed by atoms with Crippen molar-refractivity contribution in [2.24, 2.45) is 0 Å². The number of para-hydroxylation sites is 1. The Morgan fingerprint density at radius 1 is 1.14 bits per heavy atom. The molecular weight excluding hydrogens is 267 g/mol. The average molecular weight is 286 g/mol. The molecule has 0 aromatic heterocycles. The van der Waals surface area contributed by atoms with Crippen molar-refractivity contribution in [2.75, 3.05) is 11.9 Å². The van der Waals surface area contributed by atoms with E-state index in [1.807, 2.05) is 38.1 Å². The first-order valence-corrected chi connectivity index (χ1v) is 7.01. The Morgan fingerprint density at radius 2 is 1.81 bits per heavy atom. The molecule has 0 radical (unpaired) electrons. The van der Waals surface area contributed by atoms with Crippen molar-refractivity contribution in [1.29, 1.82) is 0 Å². The van der Waals surface area contributed by atoms with Gasteiger partial charge in [0.15, 0.2) is 0 Å². The van der Waals surface area contributed by atoms with Gasteiger partial charge in [-0.25, -0.2) is 4.39 Å². The van der Waals surface area contributed by atoms with Gasteiger partial charge in [-0.3, -0.25) is 4.79 Å². The summed E-state index contributed by atoms with van der Waals surface area (Å²) < 4.78 is 12.9. The third-order valence-electron chi connectivity index (χ3n) is 3.29. The Kier molecular flexibility index (Phi) is 5.06. The quantitative estimate of drug-likeness (QED) is 0.879. The van der Waals surface area contributed by atoms with Crippen LogP contribution < -0.4 is 10.6 Å². The summed E-state index contributed by atoms with van der Waals surface area (Å²) in [6.07, 6.45) is 0. The van der Waals surface area contributed by atoms with Gasteiger partial charge in [0.25, 0.3) is 5.91 Å². The van der Waals surface area contributed by atoms with Crippen LogP contribution >= 0.6 is 0 Å². The summed E-state index contributed by atoms with van der Waals surface area (Å²) in [5, 5.41) is 6.21. The molecule has 3 nitrogen and oxygen atoms in total. The maximum Gasteiger partial charge on any atom is 0.255 e. The van der Waals surface area contributed by atoms with Crippen LogP contribution in [0.3, 0.4) is 0 Å². The van der Waals surface area contributed by atoms with Gasteiger partial charge in [0.1, 0.15) is 5.82 Å². The van der Waals surface area contributed by atoms with Crippen molar-refractivity contribution < 1.29 is 9.18 Å². The van der Waals surface area contributed by atoms with Gasteiger partial charge >= 0.3 is 0 Å². The van der Waals surface area contributed by atoms with E-state index in [1.54, 1.807) is 0 Å². The zero-order valence-corrected chi connectivity index (χ0v) is 12.2. The van der Waals surface area contributed by atoms with Crippen LogP contribution in [0.15, 0.2) is 48.5 Å². The third kappa shape index (κ3) is 3.89. The Bertz CT molecular complexity index is 610. The number of carbonyl (C=O) groups is 1. The first kappa shape index (κ1) is 15.2. The molecule has 1 unspecified atom stereocenters. The lowest BCUT2D eigenvalue weighted by molar-refractivity contribution is 0.102. The zero-order valence-electron chi connectivity index (χ0n) is 12.2. The molecule has 0 saturated carbocycles.